The molecule has 1 heterocycles. The molecule has 0 atom stereocenters. The lowest BCUT2D eigenvalue weighted by Gasteiger charge is -2.08. The Morgan fingerprint density at radius 2 is 1.72 bits per heavy atom. The Labute approximate surface area is 179 Å². The minimum absolute atomic E-state index is 0.0501. The van der Waals surface area contributed by atoms with E-state index in [2.05, 4.69) is 10.6 Å². The molecule has 3 aromatic rings. The Bertz CT molecular complexity index is 1030. The molecular formula is C22H20Cl2N2O3. The number of anilines is 2. The van der Waals surface area contributed by atoms with Crippen LogP contribution in [0.25, 0.3) is 11.3 Å². The van der Waals surface area contributed by atoms with Gasteiger partial charge in [-0.2, -0.15) is 0 Å². The number of nitrogens with one attached hydrogen (secondary N) is 2. The van der Waals surface area contributed by atoms with Crippen molar-refractivity contribution >= 4 is 46.4 Å². The molecule has 0 bridgehead atoms. The first-order chi connectivity index (χ1) is 14.0. The van der Waals surface area contributed by atoms with E-state index in [1.807, 2.05) is 6.92 Å². The Balaban J connectivity index is 1.69. The second-order valence-corrected chi connectivity index (χ2v) is 7.32. The fourth-order valence-corrected chi connectivity index (χ4v) is 3.22. The number of unbranched alkanes of at least 4 members (excludes halogenated alkanes) is 1. The third-order valence-corrected chi connectivity index (χ3v) is 4.74. The predicted molar refractivity (Wildman–Crippen MR) is 117 cm³/mol. The van der Waals surface area contributed by atoms with E-state index in [0.717, 1.165) is 12.8 Å². The first kappa shape index (κ1) is 21.0. The molecule has 0 saturated carbocycles. The van der Waals surface area contributed by atoms with Crippen molar-refractivity contribution in [2.45, 2.75) is 26.2 Å². The molecule has 5 nitrogen and oxygen atoms in total. The molecule has 1 aromatic heterocycles. The Hall–Kier alpha value is -2.76. The number of rotatable bonds is 7. The van der Waals surface area contributed by atoms with E-state index in [1.54, 1.807) is 54.6 Å². The van der Waals surface area contributed by atoms with Crippen LogP contribution in [-0.2, 0) is 4.79 Å². The lowest BCUT2D eigenvalue weighted by Crippen LogP contribution is -2.13. The van der Waals surface area contributed by atoms with Gasteiger partial charge in [0.2, 0.25) is 5.91 Å². The Morgan fingerprint density at radius 3 is 2.45 bits per heavy atom. The van der Waals surface area contributed by atoms with Gasteiger partial charge in [0.15, 0.2) is 5.76 Å². The zero-order valence-corrected chi connectivity index (χ0v) is 17.3. The van der Waals surface area contributed by atoms with Crippen molar-refractivity contribution in [3.05, 3.63) is 70.4 Å². The molecule has 0 spiro atoms. The topological polar surface area (TPSA) is 71.3 Å². The number of furan rings is 1. The van der Waals surface area contributed by atoms with Crippen LogP contribution in [0.4, 0.5) is 11.4 Å². The van der Waals surface area contributed by atoms with E-state index >= 15 is 0 Å². The summed E-state index contributed by atoms with van der Waals surface area (Å²) in [5.74, 6) is 0.152. The van der Waals surface area contributed by atoms with Crippen LogP contribution in [0.5, 0.6) is 0 Å². The molecule has 29 heavy (non-hydrogen) atoms. The first-order valence-electron chi connectivity index (χ1n) is 9.23. The number of benzene rings is 2. The molecule has 0 fully saturated rings. The highest BCUT2D eigenvalue weighted by Crippen LogP contribution is 2.31. The van der Waals surface area contributed by atoms with Crippen LogP contribution in [0.2, 0.25) is 10.0 Å². The Morgan fingerprint density at radius 1 is 0.966 bits per heavy atom. The van der Waals surface area contributed by atoms with Crippen LogP contribution in [-0.4, -0.2) is 11.8 Å². The molecule has 0 aliphatic rings. The molecule has 7 heteroatoms. The summed E-state index contributed by atoms with van der Waals surface area (Å²) in [6.45, 7) is 2.03. The highest BCUT2D eigenvalue weighted by Gasteiger charge is 2.15. The van der Waals surface area contributed by atoms with Crippen LogP contribution in [0, 0.1) is 0 Å². The molecule has 0 radical (unpaired) electrons. The zero-order valence-electron chi connectivity index (χ0n) is 15.8. The van der Waals surface area contributed by atoms with Gasteiger partial charge in [0.05, 0.1) is 5.02 Å². The van der Waals surface area contributed by atoms with Crippen LogP contribution in [0.3, 0.4) is 0 Å². The third-order valence-electron chi connectivity index (χ3n) is 4.19. The number of hydrogen-bond acceptors (Lipinski definition) is 3. The van der Waals surface area contributed by atoms with E-state index in [9.17, 15) is 9.59 Å². The van der Waals surface area contributed by atoms with E-state index in [4.69, 9.17) is 27.6 Å². The average Bonchev–Trinajstić information content (AvgIpc) is 3.16. The molecular weight excluding hydrogens is 411 g/mol. The van der Waals surface area contributed by atoms with Crippen molar-refractivity contribution in [2.24, 2.45) is 0 Å². The number of hydrogen-bond donors (Lipinski definition) is 2. The summed E-state index contributed by atoms with van der Waals surface area (Å²) < 4.78 is 5.65. The van der Waals surface area contributed by atoms with Crippen LogP contribution in [0.1, 0.15) is 36.7 Å². The van der Waals surface area contributed by atoms with Crippen LogP contribution in [0.15, 0.2) is 59.0 Å². The van der Waals surface area contributed by atoms with Gasteiger partial charge in [-0.1, -0.05) is 42.6 Å². The standard InChI is InChI=1S/C22H20Cl2N2O3/c1-2-3-7-21(27)25-15-5-4-6-16(13-15)26-22(28)20-11-10-19(29-20)17-9-8-14(23)12-18(17)24/h4-6,8-13H,2-3,7H2,1H3,(H,25,27)(H,26,28). The van der Waals surface area contributed by atoms with Crippen molar-refractivity contribution in [2.75, 3.05) is 10.6 Å². The summed E-state index contributed by atoms with van der Waals surface area (Å²) in [6.07, 6.45) is 2.26. The fraction of sp³-hybridized carbons (Fsp3) is 0.182. The Kier molecular flexibility index (Phi) is 6.96. The van der Waals surface area contributed by atoms with E-state index < -0.39 is 5.91 Å². The van der Waals surface area contributed by atoms with Gasteiger partial charge >= 0.3 is 0 Å². The van der Waals surface area contributed by atoms with Gasteiger partial charge in [-0.15, -0.1) is 0 Å². The first-order valence-corrected chi connectivity index (χ1v) is 9.98. The minimum atomic E-state index is -0.407. The number of carbonyl (C=O) groups is 2. The summed E-state index contributed by atoms with van der Waals surface area (Å²) in [6, 6.07) is 15.3. The molecule has 0 unspecified atom stereocenters. The quantitative estimate of drug-likeness (QED) is 0.441. The molecule has 150 valence electrons. The molecule has 2 aromatic carbocycles. The van der Waals surface area contributed by atoms with Gasteiger partial charge in [0, 0.05) is 28.4 Å². The maximum absolute atomic E-state index is 12.5. The van der Waals surface area contributed by atoms with E-state index in [0.29, 0.717) is 39.2 Å². The molecule has 2 amide bonds. The minimum Gasteiger partial charge on any atom is -0.451 e. The van der Waals surface area contributed by atoms with Crippen molar-refractivity contribution in [3.8, 4) is 11.3 Å². The summed E-state index contributed by atoms with van der Waals surface area (Å²) in [5, 5.41) is 6.55. The van der Waals surface area contributed by atoms with Crippen molar-refractivity contribution < 1.29 is 14.0 Å². The van der Waals surface area contributed by atoms with Gasteiger partial charge < -0.3 is 15.1 Å². The van der Waals surface area contributed by atoms with E-state index in [-0.39, 0.29) is 11.7 Å². The normalized spacial score (nSPS) is 10.6. The van der Waals surface area contributed by atoms with Gasteiger partial charge in [-0.25, -0.2) is 0 Å². The zero-order chi connectivity index (χ0) is 20.8. The number of amides is 2. The lowest BCUT2D eigenvalue weighted by molar-refractivity contribution is -0.116. The maximum Gasteiger partial charge on any atom is 0.291 e. The monoisotopic (exact) mass is 430 g/mol. The highest BCUT2D eigenvalue weighted by atomic mass is 35.5. The van der Waals surface area contributed by atoms with Crippen LogP contribution < -0.4 is 10.6 Å². The summed E-state index contributed by atoms with van der Waals surface area (Å²) in [4.78, 5) is 24.4. The van der Waals surface area contributed by atoms with Crippen molar-refractivity contribution in [3.63, 3.8) is 0 Å². The van der Waals surface area contributed by atoms with Gasteiger partial charge in [0.25, 0.3) is 5.91 Å². The van der Waals surface area contributed by atoms with Crippen molar-refractivity contribution in [1.29, 1.82) is 0 Å². The number of halogens is 2. The molecule has 2 N–H and O–H groups in total. The molecule has 0 aliphatic heterocycles. The average molecular weight is 431 g/mol. The second kappa shape index (κ2) is 9.63. The summed E-state index contributed by atoms with van der Waals surface area (Å²) in [5.41, 5.74) is 1.81. The smallest absolute Gasteiger partial charge is 0.291 e. The SMILES string of the molecule is CCCCC(=O)Nc1cccc(NC(=O)c2ccc(-c3ccc(Cl)cc3Cl)o2)c1. The molecule has 0 aliphatic carbocycles. The van der Waals surface area contributed by atoms with E-state index in [1.165, 1.54) is 0 Å². The third kappa shape index (κ3) is 5.62. The van der Waals surface area contributed by atoms with Crippen LogP contribution >= 0.6 is 23.2 Å². The van der Waals surface area contributed by atoms with Gasteiger partial charge in [-0.3, -0.25) is 9.59 Å². The highest BCUT2D eigenvalue weighted by molar-refractivity contribution is 6.36. The molecule has 0 saturated heterocycles. The lowest BCUT2D eigenvalue weighted by atomic mass is 10.2. The number of carbonyl (C=O) groups excluding carboxylic acids is 2. The predicted octanol–water partition coefficient (Wildman–Crippen LogP) is 6.63. The summed E-state index contributed by atoms with van der Waals surface area (Å²) >= 11 is 12.1. The molecule has 3 rings (SSSR count). The maximum atomic E-state index is 12.5. The largest absolute Gasteiger partial charge is 0.451 e. The van der Waals surface area contributed by atoms with Crippen molar-refractivity contribution in [1.82, 2.24) is 0 Å². The van der Waals surface area contributed by atoms with Gasteiger partial charge in [-0.05, 0) is 55.0 Å². The fourth-order valence-electron chi connectivity index (χ4n) is 2.72. The second-order valence-electron chi connectivity index (χ2n) is 6.47. The van der Waals surface area contributed by atoms with Gasteiger partial charge in [0.1, 0.15) is 5.76 Å². The summed E-state index contributed by atoms with van der Waals surface area (Å²) in [7, 11) is 0.